The summed E-state index contributed by atoms with van der Waals surface area (Å²) in [6.07, 6.45) is 4.60. The highest BCUT2D eigenvalue weighted by Crippen LogP contribution is 2.39. The normalized spacial score (nSPS) is 25.0. The van der Waals surface area contributed by atoms with E-state index >= 15 is 0 Å². The van der Waals surface area contributed by atoms with Gasteiger partial charge in [0, 0.05) is 19.1 Å². The van der Waals surface area contributed by atoms with Gasteiger partial charge in [-0.25, -0.2) is 4.98 Å². The average molecular weight is 327 g/mol. The van der Waals surface area contributed by atoms with Gasteiger partial charge in [0.2, 0.25) is 6.29 Å². The van der Waals surface area contributed by atoms with Gasteiger partial charge in [0.05, 0.1) is 17.7 Å². The zero-order valence-corrected chi connectivity index (χ0v) is 13.7. The van der Waals surface area contributed by atoms with E-state index in [9.17, 15) is 0 Å². The first-order valence-electron chi connectivity index (χ1n) is 8.38. The smallest absolute Gasteiger partial charge is 0.228 e. The molecule has 0 bridgehead atoms. The molecule has 1 aromatic carbocycles. The van der Waals surface area contributed by atoms with Crippen molar-refractivity contribution in [2.75, 3.05) is 20.3 Å². The molecule has 0 N–H and O–H groups in total. The Hall–Kier alpha value is -1.95. The Morgan fingerprint density at radius 1 is 1.29 bits per heavy atom. The lowest BCUT2D eigenvalue weighted by Gasteiger charge is -2.22. The number of hydrogen-bond acceptors (Lipinski definition) is 5. The third-order valence-corrected chi connectivity index (χ3v) is 4.38. The Kier molecular flexibility index (Phi) is 4.47. The monoisotopic (exact) mass is 327 g/mol. The second-order valence-electron chi connectivity index (χ2n) is 6.00. The van der Waals surface area contributed by atoms with Gasteiger partial charge in [-0.15, -0.1) is 0 Å². The topological polar surface area (TPSA) is 49.8 Å². The number of methoxy groups -OCH3 is 1. The second kappa shape index (κ2) is 6.89. The molecule has 126 valence electrons. The maximum Gasteiger partial charge on any atom is 0.228 e. The largest absolute Gasteiger partial charge is 0.458 e. The van der Waals surface area contributed by atoms with Crippen molar-refractivity contribution in [2.24, 2.45) is 0 Å². The Morgan fingerprint density at radius 2 is 2.21 bits per heavy atom. The van der Waals surface area contributed by atoms with Gasteiger partial charge in [-0.3, -0.25) is 0 Å². The van der Waals surface area contributed by atoms with Crippen LogP contribution in [0, 0.1) is 0 Å². The number of nitrogens with zero attached hydrogens (tertiary/aromatic N) is 1. The van der Waals surface area contributed by atoms with E-state index in [2.05, 4.69) is 6.07 Å². The van der Waals surface area contributed by atoms with Crippen LogP contribution < -0.4 is 0 Å². The molecule has 3 heterocycles. The van der Waals surface area contributed by atoms with Gasteiger partial charge in [-0.05, 0) is 37.5 Å². The van der Waals surface area contributed by atoms with Crippen LogP contribution in [0.5, 0.6) is 0 Å². The average Bonchev–Trinajstić information content (AvgIpc) is 2.98. The number of aromatic nitrogens is 1. The van der Waals surface area contributed by atoms with Gasteiger partial charge in [-0.2, -0.15) is 0 Å². The fourth-order valence-electron chi connectivity index (χ4n) is 3.14. The minimum Gasteiger partial charge on any atom is -0.458 e. The molecule has 0 aliphatic carbocycles. The Bertz CT molecular complexity index is 752. The summed E-state index contributed by atoms with van der Waals surface area (Å²) < 4.78 is 22.7. The Balaban J connectivity index is 1.57. The maximum atomic E-state index is 5.90. The van der Waals surface area contributed by atoms with Crippen molar-refractivity contribution in [3.8, 4) is 0 Å². The standard InChI is InChI=1S/C19H21NO4/c1-21-19-14-12-13-6-2-3-7-15(13)20-18(14)16(24-19)9-11-23-17-8-4-5-10-22-17/h2-3,6-7,9,12,17,19H,4-5,8,10-11H2,1H3/b16-9-. The molecule has 2 unspecified atom stereocenters. The number of fused-ring (bicyclic) bond motifs is 2. The van der Waals surface area contributed by atoms with Gasteiger partial charge in [-0.1, -0.05) is 18.2 Å². The first kappa shape index (κ1) is 15.6. The molecule has 1 fully saturated rings. The van der Waals surface area contributed by atoms with Crippen LogP contribution in [0.3, 0.4) is 0 Å². The fourth-order valence-corrected chi connectivity index (χ4v) is 3.14. The van der Waals surface area contributed by atoms with Crippen LogP contribution in [0.4, 0.5) is 0 Å². The molecule has 4 rings (SSSR count). The fraction of sp³-hybridized carbons (Fsp3) is 0.421. The van der Waals surface area contributed by atoms with Crippen LogP contribution in [-0.2, 0) is 18.9 Å². The molecule has 0 spiro atoms. The zero-order valence-electron chi connectivity index (χ0n) is 13.7. The summed E-state index contributed by atoms with van der Waals surface area (Å²) in [6.45, 7) is 1.21. The van der Waals surface area contributed by atoms with Gasteiger partial charge in [0.15, 0.2) is 6.29 Å². The number of ether oxygens (including phenoxy) is 4. The molecule has 0 radical (unpaired) electrons. The van der Waals surface area contributed by atoms with Crippen LogP contribution in [0.1, 0.15) is 36.8 Å². The van der Waals surface area contributed by atoms with Crippen LogP contribution in [0.15, 0.2) is 36.4 Å². The number of para-hydroxylation sites is 1. The van der Waals surface area contributed by atoms with Gasteiger partial charge in [0.1, 0.15) is 11.5 Å². The molecule has 0 saturated carbocycles. The maximum absolute atomic E-state index is 5.90. The Labute approximate surface area is 141 Å². The predicted molar refractivity (Wildman–Crippen MR) is 90.1 cm³/mol. The van der Waals surface area contributed by atoms with Gasteiger partial charge in [0.25, 0.3) is 0 Å². The third kappa shape index (κ3) is 3.02. The molecule has 1 saturated heterocycles. The zero-order chi connectivity index (χ0) is 16.4. The molecule has 1 aromatic heterocycles. The van der Waals surface area contributed by atoms with Crippen molar-refractivity contribution in [3.05, 3.63) is 47.7 Å². The van der Waals surface area contributed by atoms with Crippen molar-refractivity contribution < 1.29 is 18.9 Å². The predicted octanol–water partition coefficient (Wildman–Crippen LogP) is 3.79. The van der Waals surface area contributed by atoms with E-state index in [1.54, 1.807) is 7.11 Å². The minimum absolute atomic E-state index is 0.112. The van der Waals surface area contributed by atoms with Gasteiger partial charge >= 0.3 is 0 Å². The lowest BCUT2D eigenvalue weighted by molar-refractivity contribution is -0.155. The second-order valence-corrected chi connectivity index (χ2v) is 6.00. The molecular formula is C19H21NO4. The number of benzene rings is 1. The first-order valence-corrected chi connectivity index (χ1v) is 8.38. The molecule has 2 aliphatic rings. The molecular weight excluding hydrogens is 306 g/mol. The van der Waals surface area contributed by atoms with Crippen molar-refractivity contribution in [1.82, 2.24) is 4.98 Å². The summed E-state index contributed by atoms with van der Waals surface area (Å²) in [5.74, 6) is 0.707. The number of rotatable bonds is 4. The summed E-state index contributed by atoms with van der Waals surface area (Å²) in [5, 5.41) is 1.08. The molecule has 2 aromatic rings. The highest BCUT2D eigenvalue weighted by molar-refractivity contribution is 5.82. The molecule has 2 atom stereocenters. The van der Waals surface area contributed by atoms with E-state index in [0.717, 1.165) is 48.0 Å². The quantitative estimate of drug-likeness (QED) is 0.855. The van der Waals surface area contributed by atoms with Crippen molar-refractivity contribution in [1.29, 1.82) is 0 Å². The van der Waals surface area contributed by atoms with Crippen LogP contribution in [0.2, 0.25) is 0 Å². The molecule has 24 heavy (non-hydrogen) atoms. The summed E-state index contributed by atoms with van der Waals surface area (Å²) in [6, 6.07) is 10.1. The van der Waals surface area contributed by atoms with Crippen LogP contribution in [0.25, 0.3) is 16.7 Å². The summed E-state index contributed by atoms with van der Waals surface area (Å²) in [4.78, 5) is 4.74. The number of hydrogen-bond donors (Lipinski definition) is 0. The van der Waals surface area contributed by atoms with E-state index < -0.39 is 6.29 Å². The first-order chi connectivity index (χ1) is 11.8. The summed E-state index contributed by atoms with van der Waals surface area (Å²) in [5.41, 5.74) is 2.73. The Morgan fingerprint density at radius 3 is 3.04 bits per heavy atom. The summed E-state index contributed by atoms with van der Waals surface area (Å²) >= 11 is 0. The lowest BCUT2D eigenvalue weighted by atomic mass is 10.1. The van der Waals surface area contributed by atoms with E-state index in [1.807, 2.05) is 30.3 Å². The molecule has 5 heteroatoms. The third-order valence-electron chi connectivity index (χ3n) is 4.38. The van der Waals surface area contributed by atoms with Crippen molar-refractivity contribution in [2.45, 2.75) is 31.8 Å². The summed E-state index contributed by atoms with van der Waals surface area (Å²) in [7, 11) is 1.64. The molecule has 2 aliphatic heterocycles. The minimum atomic E-state index is -0.422. The van der Waals surface area contributed by atoms with Gasteiger partial charge < -0.3 is 18.9 Å². The highest BCUT2D eigenvalue weighted by Gasteiger charge is 2.30. The van der Waals surface area contributed by atoms with Crippen molar-refractivity contribution in [3.63, 3.8) is 0 Å². The van der Waals surface area contributed by atoms with E-state index in [4.69, 9.17) is 23.9 Å². The van der Waals surface area contributed by atoms with E-state index in [1.165, 1.54) is 0 Å². The highest BCUT2D eigenvalue weighted by atomic mass is 16.7. The number of pyridine rings is 1. The van der Waals surface area contributed by atoms with Crippen molar-refractivity contribution >= 4 is 16.7 Å². The SMILES string of the molecule is COC1O/C(=C\COC2CCCCO2)c2nc3ccccc3cc21. The molecule has 5 nitrogen and oxygen atoms in total. The van der Waals surface area contributed by atoms with E-state index in [0.29, 0.717) is 12.4 Å². The van der Waals surface area contributed by atoms with Crippen LogP contribution in [-0.4, -0.2) is 31.6 Å². The van der Waals surface area contributed by atoms with E-state index in [-0.39, 0.29) is 6.29 Å². The molecule has 0 amide bonds. The lowest BCUT2D eigenvalue weighted by Crippen LogP contribution is -2.22. The van der Waals surface area contributed by atoms with Crippen LogP contribution >= 0.6 is 0 Å².